The molecular formula is C27H24BrN5O3. The van der Waals surface area contributed by atoms with Crippen molar-refractivity contribution in [2.45, 2.75) is 33.1 Å². The van der Waals surface area contributed by atoms with E-state index in [2.05, 4.69) is 36.8 Å². The average molecular weight is 546 g/mol. The van der Waals surface area contributed by atoms with Gasteiger partial charge in [-0.2, -0.15) is 4.68 Å². The third-order valence-electron chi connectivity index (χ3n) is 6.06. The van der Waals surface area contributed by atoms with Gasteiger partial charge in [0.25, 0.3) is 0 Å². The van der Waals surface area contributed by atoms with Crippen LogP contribution in [0.15, 0.2) is 88.5 Å². The second-order valence-electron chi connectivity index (χ2n) is 8.47. The topological polar surface area (TPSA) is 91.2 Å². The number of benzene rings is 3. The van der Waals surface area contributed by atoms with Crippen LogP contribution in [-0.4, -0.2) is 26.2 Å². The maximum atomic E-state index is 13.5. The van der Waals surface area contributed by atoms with Crippen LogP contribution in [0.1, 0.15) is 35.2 Å². The van der Waals surface area contributed by atoms with Crippen molar-refractivity contribution in [1.82, 2.24) is 20.2 Å². The molecule has 0 radical (unpaired) electrons. The Morgan fingerprint density at radius 2 is 1.81 bits per heavy atom. The number of anilines is 1. The van der Waals surface area contributed by atoms with E-state index in [1.54, 1.807) is 4.68 Å². The number of nitrogens with zero attached hydrogens (tertiary/aromatic N) is 4. The summed E-state index contributed by atoms with van der Waals surface area (Å²) in [5.74, 6) is 0.595. The van der Waals surface area contributed by atoms with E-state index in [-0.39, 0.29) is 6.61 Å². The zero-order chi connectivity index (χ0) is 25.1. The zero-order valence-corrected chi connectivity index (χ0v) is 21.4. The van der Waals surface area contributed by atoms with Crippen molar-refractivity contribution in [2.24, 2.45) is 0 Å². The number of aromatic nitrogens is 4. The number of nitrogens with one attached hydrogen (secondary N) is 1. The third-order valence-corrected chi connectivity index (χ3v) is 6.55. The summed E-state index contributed by atoms with van der Waals surface area (Å²) in [6.07, 6.45) is 0. The van der Waals surface area contributed by atoms with E-state index in [0.29, 0.717) is 29.6 Å². The first kappa shape index (κ1) is 23.7. The fourth-order valence-electron chi connectivity index (χ4n) is 4.16. The number of ether oxygens (including phenoxy) is 2. The van der Waals surface area contributed by atoms with Gasteiger partial charge in [0.05, 0.1) is 5.57 Å². The molecule has 0 bridgehead atoms. The van der Waals surface area contributed by atoms with Crippen LogP contribution in [0.25, 0.3) is 0 Å². The molecule has 5 rings (SSSR count). The van der Waals surface area contributed by atoms with E-state index < -0.39 is 12.0 Å². The number of carbonyl (C=O) groups excluding carboxylic acids is 1. The van der Waals surface area contributed by atoms with Crippen LogP contribution in [0.3, 0.4) is 0 Å². The number of allylic oxidation sites excluding steroid dienone is 1. The van der Waals surface area contributed by atoms with Gasteiger partial charge in [-0.3, -0.25) is 0 Å². The number of halogens is 1. The highest BCUT2D eigenvalue weighted by Crippen LogP contribution is 2.40. The van der Waals surface area contributed by atoms with Gasteiger partial charge in [0.2, 0.25) is 5.95 Å². The molecule has 1 atom stereocenters. The van der Waals surface area contributed by atoms with E-state index in [4.69, 9.17) is 9.47 Å². The van der Waals surface area contributed by atoms with Crippen LogP contribution in [0.4, 0.5) is 5.95 Å². The maximum Gasteiger partial charge on any atom is 0.338 e. The minimum absolute atomic E-state index is 0.154. The van der Waals surface area contributed by atoms with E-state index in [0.717, 1.165) is 26.7 Å². The Morgan fingerprint density at radius 1 is 1.03 bits per heavy atom. The molecule has 1 aliphatic heterocycles. The second-order valence-corrected chi connectivity index (χ2v) is 9.39. The van der Waals surface area contributed by atoms with Crippen LogP contribution < -0.4 is 10.1 Å². The number of hydrogen-bond acceptors (Lipinski definition) is 7. The largest absolute Gasteiger partial charge is 0.489 e. The highest BCUT2D eigenvalue weighted by atomic mass is 79.9. The molecule has 1 unspecified atom stereocenters. The van der Waals surface area contributed by atoms with Gasteiger partial charge in [0.1, 0.15) is 25.0 Å². The average Bonchev–Trinajstić information content (AvgIpc) is 3.35. The zero-order valence-electron chi connectivity index (χ0n) is 19.8. The van der Waals surface area contributed by atoms with Crippen LogP contribution in [0.2, 0.25) is 0 Å². The third kappa shape index (κ3) is 4.87. The van der Waals surface area contributed by atoms with Gasteiger partial charge in [-0.15, -0.1) is 0 Å². The molecule has 0 saturated carbocycles. The summed E-state index contributed by atoms with van der Waals surface area (Å²) >= 11 is 3.57. The van der Waals surface area contributed by atoms with Gasteiger partial charge in [-0.25, -0.2) is 4.79 Å². The molecule has 0 fully saturated rings. The number of rotatable bonds is 7. The summed E-state index contributed by atoms with van der Waals surface area (Å²) in [4.78, 5) is 13.5. The van der Waals surface area contributed by atoms with Crippen LogP contribution in [0, 0.1) is 6.92 Å². The number of fused-ring (bicyclic) bond motifs is 1. The molecule has 1 aromatic heterocycles. The Hall–Kier alpha value is -3.98. The van der Waals surface area contributed by atoms with Gasteiger partial charge in [0, 0.05) is 15.7 Å². The van der Waals surface area contributed by atoms with Crippen molar-refractivity contribution in [3.63, 3.8) is 0 Å². The van der Waals surface area contributed by atoms with Crippen LogP contribution >= 0.6 is 15.9 Å². The summed E-state index contributed by atoms with van der Waals surface area (Å²) in [5.41, 5.74) is 4.88. The quantitative estimate of drug-likeness (QED) is 0.313. The smallest absolute Gasteiger partial charge is 0.338 e. The van der Waals surface area contributed by atoms with E-state index in [1.807, 2.05) is 86.6 Å². The van der Waals surface area contributed by atoms with E-state index >= 15 is 0 Å². The summed E-state index contributed by atoms with van der Waals surface area (Å²) in [7, 11) is 0. The predicted octanol–water partition coefficient (Wildman–Crippen LogP) is 5.36. The van der Waals surface area contributed by atoms with Gasteiger partial charge in [0.15, 0.2) is 0 Å². The highest BCUT2D eigenvalue weighted by molar-refractivity contribution is 9.10. The fourth-order valence-corrected chi connectivity index (χ4v) is 4.54. The standard InChI is InChI=1S/C27H24BrN5O3/c1-17-8-6-7-11-20(17)16-35-23-13-12-21(28)14-22(23)25-24(18(2)29-27-30-31-32-33(25)27)26(34)36-15-19-9-4-3-5-10-19/h3-14,25H,15-16H2,1-2H3,(H,29,30,32). The molecule has 2 heterocycles. The van der Waals surface area contributed by atoms with Gasteiger partial charge in [-0.1, -0.05) is 75.6 Å². The maximum absolute atomic E-state index is 13.5. The van der Waals surface area contributed by atoms with Gasteiger partial charge >= 0.3 is 5.97 Å². The molecule has 1 aliphatic rings. The SMILES string of the molecule is CC1=C(C(=O)OCc2ccccc2)C(c2cc(Br)ccc2OCc2ccccc2C)n2nnnc2N1. The van der Waals surface area contributed by atoms with Crippen molar-refractivity contribution in [3.05, 3.63) is 111 Å². The number of aryl methyl sites for hydroxylation is 1. The molecule has 9 heteroatoms. The summed E-state index contributed by atoms with van der Waals surface area (Å²) in [6, 6.07) is 22.7. The lowest BCUT2D eigenvalue weighted by atomic mass is 9.95. The van der Waals surface area contributed by atoms with Crippen molar-refractivity contribution in [2.75, 3.05) is 5.32 Å². The molecule has 0 aliphatic carbocycles. The normalized spacial score (nSPS) is 14.7. The molecule has 3 aromatic carbocycles. The lowest BCUT2D eigenvalue weighted by Gasteiger charge is -2.28. The van der Waals surface area contributed by atoms with Gasteiger partial charge in [-0.05, 0) is 59.2 Å². The molecule has 4 aromatic rings. The Labute approximate surface area is 217 Å². The Morgan fingerprint density at radius 3 is 2.61 bits per heavy atom. The first-order valence-electron chi connectivity index (χ1n) is 11.4. The number of tetrazole rings is 1. The van der Waals surface area contributed by atoms with Crippen LogP contribution in [0.5, 0.6) is 5.75 Å². The molecular weight excluding hydrogens is 522 g/mol. The number of carbonyl (C=O) groups is 1. The monoisotopic (exact) mass is 545 g/mol. The lowest BCUT2D eigenvalue weighted by molar-refractivity contribution is -0.140. The molecule has 1 N–H and O–H groups in total. The molecule has 8 nitrogen and oxygen atoms in total. The minimum Gasteiger partial charge on any atom is -0.489 e. The minimum atomic E-state index is -0.649. The first-order valence-corrected chi connectivity index (χ1v) is 12.2. The predicted molar refractivity (Wildman–Crippen MR) is 138 cm³/mol. The molecule has 0 amide bonds. The Balaban J connectivity index is 1.51. The van der Waals surface area contributed by atoms with Crippen LogP contribution in [-0.2, 0) is 22.7 Å². The second kappa shape index (κ2) is 10.3. The van der Waals surface area contributed by atoms with Crippen molar-refractivity contribution in [1.29, 1.82) is 0 Å². The summed E-state index contributed by atoms with van der Waals surface area (Å²) < 4.78 is 14.4. The van der Waals surface area contributed by atoms with E-state index in [1.165, 1.54) is 0 Å². The number of hydrogen-bond donors (Lipinski definition) is 1. The fraction of sp³-hybridized carbons (Fsp3) is 0.185. The van der Waals surface area contributed by atoms with Crippen molar-refractivity contribution >= 4 is 27.8 Å². The summed E-state index contributed by atoms with van der Waals surface area (Å²) in [6.45, 7) is 4.40. The lowest BCUT2D eigenvalue weighted by Crippen LogP contribution is -2.30. The Bertz CT molecular complexity index is 1430. The number of esters is 1. The molecule has 0 saturated heterocycles. The van der Waals surface area contributed by atoms with Crippen molar-refractivity contribution in [3.8, 4) is 5.75 Å². The molecule has 0 spiro atoms. The Kier molecular flexibility index (Phi) is 6.81. The first-order chi connectivity index (χ1) is 17.5. The molecule has 36 heavy (non-hydrogen) atoms. The summed E-state index contributed by atoms with van der Waals surface area (Å²) in [5, 5.41) is 15.2. The highest BCUT2D eigenvalue weighted by Gasteiger charge is 2.37. The molecule has 182 valence electrons. The van der Waals surface area contributed by atoms with Crippen molar-refractivity contribution < 1.29 is 14.3 Å². The van der Waals surface area contributed by atoms with E-state index in [9.17, 15) is 4.79 Å². The van der Waals surface area contributed by atoms with Gasteiger partial charge < -0.3 is 14.8 Å².